The van der Waals surface area contributed by atoms with Gasteiger partial charge in [-0.1, -0.05) is 11.6 Å². The van der Waals surface area contributed by atoms with Gasteiger partial charge in [-0.15, -0.1) is 0 Å². The van der Waals surface area contributed by atoms with Crippen molar-refractivity contribution in [2.24, 2.45) is 5.73 Å². The molecule has 0 aliphatic rings. The second-order valence-electron chi connectivity index (χ2n) is 3.54. The molecule has 1 aromatic rings. The van der Waals surface area contributed by atoms with E-state index in [0.29, 0.717) is 6.42 Å². The Bertz CT molecular complexity index is 482. The lowest BCUT2D eigenvalue weighted by Gasteiger charge is -2.07. The molecule has 6 nitrogen and oxygen atoms in total. The maximum absolute atomic E-state index is 13.2. The van der Waals surface area contributed by atoms with Gasteiger partial charge in [-0.2, -0.15) is 0 Å². The Morgan fingerprint density at radius 1 is 1.56 bits per heavy atom. The number of nitrogens with one attached hydrogen (secondary N) is 1. The summed E-state index contributed by atoms with van der Waals surface area (Å²) in [7, 11) is 0. The monoisotopic (exact) mass is 275 g/mol. The molecule has 1 aromatic carbocycles. The number of nitrogens with two attached hydrogens (primary N) is 1. The Hall–Kier alpha value is -1.89. The maximum Gasteiger partial charge on any atom is 0.294 e. The van der Waals surface area contributed by atoms with Gasteiger partial charge in [-0.3, -0.25) is 14.9 Å². The summed E-state index contributed by atoms with van der Waals surface area (Å²) in [5.41, 5.74) is 4.64. The molecule has 0 radical (unpaired) electrons. The van der Waals surface area contributed by atoms with Crippen molar-refractivity contribution >= 4 is 28.9 Å². The molecule has 0 bridgehead atoms. The Morgan fingerprint density at radius 2 is 2.22 bits per heavy atom. The molecular formula is C10H11ClFN3O3. The van der Waals surface area contributed by atoms with E-state index in [0.717, 1.165) is 12.1 Å². The van der Waals surface area contributed by atoms with Gasteiger partial charge in [0.05, 0.1) is 9.95 Å². The molecule has 0 spiro atoms. The van der Waals surface area contributed by atoms with E-state index in [-0.39, 0.29) is 29.4 Å². The highest BCUT2D eigenvalue weighted by Crippen LogP contribution is 2.30. The number of benzene rings is 1. The average Bonchev–Trinajstić information content (AvgIpc) is 2.28. The van der Waals surface area contributed by atoms with Crippen LogP contribution in [0.3, 0.4) is 0 Å². The molecule has 18 heavy (non-hydrogen) atoms. The Balaban J connectivity index is 2.77. The minimum absolute atomic E-state index is 0.0198. The van der Waals surface area contributed by atoms with Gasteiger partial charge >= 0.3 is 0 Å². The predicted molar refractivity (Wildman–Crippen MR) is 65.0 cm³/mol. The number of hydrogen-bond acceptors (Lipinski definition) is 4. The average molecular weight is 276 g/mol. The molecule has 0 aromatic heterocycles. The normalized spacial score (nSPS) is 10.1. The number of hydrogen-bond donors (Lipinski definition) is 2. The number of rotatable bonds is 6. The van der Waals surface area contributed by atoms with Gasteiger partial charge in [-0.05, 0) is 6.42 Å². The van der Waals surface area contributed by atoms with Crippen LogP contribution in [0, 0.1) is 15.9 Å². The Kier molecular flexibility index (Phi) is 4.85. The molecule has 0 atom stereocenters. The summed E-state index contributed by atoms with van der Waals surface area (Å²) in [5.74, 6) is -1.21. The molecule has 0 saturated carbocycles. The highest BCUT2D eigenvalue weighted by Gasteiger charge is 2.17. The number of nitrogens with zero attached hydrogens (tertiary/aromatic N) is 1. The van der Waals surface area contributed by atoms with Crippen LogP contribution in [-0.4, -0.2) is 17.4 Å². The zero-order chi connectivity index (χ0) is 13.7. The van der Waals surface area contributed by atoms with Crippen molar-refractivity contribution < 1.29 is 14.1 Å². The van der Waals surface area contributed by atoms with Crippen LogP contribution in [0.25, 0.3) is 0 Å². The van der Waals surface area contributed by atoms with Gasteiger partial charge in [-0.25, -0.2) is 4.39 Å². The fraction of sp³-hybridized carbons (Fsp3) is 0.300. The van der Waals surface area contributed by atoms with Crippen molar-refractivity contribution in [2.45, 2.75) is 12.8 Å². The van der Waals surface area contributed by atoms with E-state index in [1.54, 1.807) is 0 Å². The summed E-state index contributed by atoms with van der Waals surface area (Å²) in [6.45, 7) is 0.269. The number of carbonyl (C=O) groups is 1. The summed E-state index contributed by atoms with van der Waals surface area (Å²) in [6.07, 6.45) is 0.549. The first-order valence-electron chi connectivity index (χ1n) is 5.07. The van der Waals surface area contributed by atoms with Gasteiger partial charge < -0.3 is 11.1 Å². The molecule has 0 unspecified atom stereocenters. The molecule has 8 heteroatoms. The number of halogens is 2. The first kappa shape index (κ1) is 14.2. The van der Waals surface area contributed by atoms with Crippen molar-refractivity contribution in [3.8, 4) is 0 Å². The third kappa shape index (κ3) is 3.85. The van der Waals surface area contributed by atoms with E-state index < -0.39 is 16.6 Å². The van der Waals surface area contributed by atoms with Crippen LogP contribution in [0.4, 0.5) is 15.8 Å². The van der Waals surface area contributed by atoms with Gasteiger partial charge in [0.1, 0.15) is 11.5 Å². The fourth-order valence-electron chi connectivity index (χ4n) is 1.31. The third-order valence-electron chi connectivity index (χ3n) is 2.15. The van der Waals surface area contributed by atoms with E-state index in [2.05, 4.69) is 5.32 Å². The van der Waals surface area contributed by atoms with Crippen molar-refractivity contribution in [1.82, 2.24) is 0 Å². The van der Waals surface area contributed by atoms with Crippen LogP contribution in [0.15, 0.2) is 12.1 Å². The summed E-state index contributed by atoms with van der Waals surface area (Å²) in [4.78, 5) is 20.6. The number of nitro benzene ring substituents is 1. The molecule has 1 amide bonds. The van der Waals surface area contributed by atoms with Gasteiger partial charge in [0.2, 0.25) is 5.91 Å². The summed E-state index contributed by atoms with van der Waals surface area (Å²) in [6, 6.07) is 1.89. The molecule has 0 fully saturated rings. The lowest BCUT2D eigenvalue weighted by atomic mass is 10.2. The number of anilines is 1. The Labute approximate surface area is 107 Å². The van der Waals surface area contributed by atoms with Crippen LogP contribution in [0.5, 0.6) is 0 Å². The zero-order valence-electron chi connectivity index (χ0n) is 9.28. The smallest absolute Gasteiger partial charge is 0.294 e. The first-order valence-corrected chi connectivity index (χ1v) is 5.45. The van der Waals surface area contributed by atoms with E-state index in [4.69, 9.17) is 17.3 Å². The summed E-state index contributed by atoms with van der Waals surface area (Å²) >= 11 is 5.46. The van der Waals surface area contributed by atoms with E-state index in [1.807, 2.05) is 0 Å². The summed E-state index contributed by atoms with van der Waals surface area (Å²) in [5, 5.41) is 13.1. The molecule has 0 aliphatic heterocycles. The van der Waals surface area contributed by atoms with Gasteiger partial charge in [0.15, 0.2) is 0 Å². The number of nitro groups is 1. The second-order valence-corrected chi connectivity index (χ2v) is 3.94. The van der Waals surface area contributed by atoms with Crippen LogP contribution < -0.4 is 11.1 Å². The van der Waals surface area contributed by atoms with Crippen molar-refractivity contribution in [1.29, 1.82) is 0 Å². The number of carbonyl (C=O) groups excluding carboxylic acids is 1. The fourth-order valence-corrected chi connectivity index (χ4v) is 1.47. The molecule has 3 N–H and O–H groups in total. The lowest BCUT2D eigenvalue weighted by Crippen LogP contribution is -2.13. The van der Waals surface area contributed by atoms with E-state index in [1.165, 1.54) is 0 Å². The van der Waals surface area contributed by atoms with Crippen LogP contribution in [-0.2, 0) is 4.79 Å². The van der Waals surface area contributed by atoms with E-state index >= 15 is 0 Å². The molecule has 0 heterocycles. The topological polar surface area (TPSA) is 98.3 Å². The van der Waals surface area contributed by atoms with Gasteiger partial charge in [0.25, 0.3) is 5.69 Å². The lowest BCUT2D eigenvalue weighted by molar-refractivity contribution is -0.384. The quantitative estimate of drug-likeness (QED) is 0.471. The molecule has 1 rings (SSSR count). The highest BCUT2D eigenvalue weighted by molar-refractivity contribution is 6.31. The van der Waals surface area contributed by atoms with Crippen LogP contribution in [0.2, 0.25) is 5.02 Å². The minimum atomic E-state index is -0.750. The predicted octanol–water partition coefficient (Wildman–Crippen LogP) is 2.06. The largest absolute Gasteiger partial charge is 0.379 e. The van der Waals surface area contributed by atoms with Crippen LogP contribution >= 0.6 is 11.6 Å². The van der Waals surface area contributed by atoms with Crippen LogP contribution in [0.1, 0.15) is 12.8 Å². The minimum Gasteiger partial charge on any atom is -0.379 e. The number of primary amides is 1. The molecule has 0 saturated heterocycles. The molecular weight excluding hydrogens is 265 g/mol. The highest BCUT2D eigenvalue weighted by atomic mass is 35.5. The standard InChI is InChI=1S/C10H11ClFN3O3/c11-6-4-9(15(17)18)8(5-7(6)12)14-3-1-2-10(13)16/h4-5,14H,1-3H2,(H2,13,16). The number of amides is 1. The first-order chi connectivity index (χ1) is 8.41. The molecule has 0 aliphatic carbocycles. The van der Waals surface area contributed by atoms with Crippen molar-refractivity contribution in [3.05, 3.63) is 33.1 Å². The van der Waals surface area contributed by atoms with Crippen molar-refractivity contribution in [2.75, 3.05) is 11.9 Å². The van der Waals surface area contributed by atoms with E-state index in [9.17, 15) is 19.3 Å². The van der Waals surface area contributed by atoms with Crippen molar-refractivity contribution in [3.63, 3.8) is 0 Å². The SMILES string of the molecule is NC(=O)CCCNc1cc(F)c(Cl)cc1[N+](=O)[O-]. The third-order valence-corrected chi connectivity index (χ3v) is 2.44. The zero-order valence-corrected chi connectivity index (χ0v) is 10.0. The summed E-state index contributed by atoms with van der Waals surface area (Å²) < 4.78 is 13.2. The second kappa shape index (κ2) is 6.15. The Morgan fingerprint density at radius 3 is 2.78 bits per heavy atom. The maximum atomic E-state index is 13.2. The van der Waals surface area contributed by atoms with Gasteiger partial charge in [0, 0.05) is 25.1 Å². The molecule has 98 valence electrons.